The molecule has 4 rings (SSSR count). The first-order valence-corrected chi connectivity index (χ1v) is 8.05. The molecule has 1 N–H and O–H groups in total. The van der Waals surface area contributed by atoms with Crippen LogP contribution in [0.1, 0.15) is 30.4 Å². The van der Waals surface area contributed by atoms with Crippen molar-refractivity contribution in [1.82, 2.24) is 4.98 Å². The molecule has 1 unspecified atom stereocenters. The van der Waals surface area contributed by atoms with Gasteiger partial charge in [0, 0.05) is 29.6 Å². The van der Waals surface area contributed by atoms with Crippen LogP contribution in [-0.2, 0) is 6.42 Å². The van der Waals surface area contributed by atoms with E-state index in [2.05, 4.69) is 11.1 Å². The highest BCUT2D eigenvalue weighted by Crippen LogP contribution is 2.41. The number of aromatic nitrogens is 1. The van der Waals surface area contributed by atoms with E-state index in [0.717, 1.165) is 12.3 Å². The number of phenolic OH excluding ortho intramolecular Hbond substituents is 1. The molecule has 0 saturated heterocycles. The topological polar surface area (TPSA) is 45.5 Å². The van der Waals surface area contributed by atoms with Crippen LogP contribution in [0.5, 0.6) is 5.75 Å². The number of aromatic hydroxyl groups is 1. The molecule has 0 radical (unpaired) electrons. The highest BCUT2D eigenvalue weighted by molar-refractivity contribution is 6.03. The molecule has 1 aliphatic heterocycles. The van der Waals surface area contributed by atoms with Gasteiger partial charge in [-0.2, -0.15) is 0 Å². The molecule has 0 spiro atoms. The van der Waals surface area contributed by atoms with E-state index in [1.54, 1.807) is 12.1 Å². The summed E-state index contributed by atoms with van der Waals surface area (Å²) in [5, 5.41) is 9.47. The Balaban J connectivity index is 1.67. The number of pyridine rings is 1. The average molecular weight is 292 g/mol. The van der Waals surface area contributed by atoms with Crippen LogP contribution in [0.2, 0.25) is 0 Å². The van der Waals surface area contributed by atoms with Crippen LogP contribution >= 0.6 is 0 Å². The Bertz CT molecular complexity index is 678. The van der Waals surface area contributed by atoms with Crippen molar-refractivity contribution in [3.63, 3.8) is 0 Å². The number of hydrogen-bond donors (Lipinski definition) is 1. The van der Waals surface area contributed by atoms with E-state index >= 15 is 0 Å². The third kappa shape index (κ3) is 2.52. The summed E-state index contributed by atoms with van der Waals surface area (Å²) < 4.78 is 0. The molecule has 1 aliphatic carbocycles. The number of aliphatic imine (C=N–C) groups is 1. The Morgan fingerprint density at radius 3 is 2.73 bits per heavy atom. The van der Waals surface area contributed by atoms with Gasteiger partial charge in [0.15, 0.2) is 0 Å². The Labute approximate surface area is 130 Å². The van der Waals surface area contributed by atoms with E-state index in [-0.39, 0.29) is 0 Å². The summed E-state index contributed by atoms with van der Waals surface area (Å²) in [6.45, 7) is 0. The Hall–Kier alpha value is -2.16. The fourth-order valence-electron chi connectivity index (χ4n) is 3.94. The molecule has 0 amide bonds. The van der Waals surface area contributed by atoms with Gasteiger partial charge in [-0.3, -0.25) is 9.98 Å². The molecule has 2 heterocycles. The number of rotatable bonds is 3. The second kappa shape index (κ2) is 5.56. The molecule has 2 aromatic rings. The van der Waals surface area contributed by atoms with Crippen molar-refractivity contribution in [2.45, 2.75) is 31.7 Å². The molecule has 3 atom stereocenters. The summed E-state index contributed by atoms with van der Waals surface area (Å²) >= 11 is 0. The molecule has 3 nitrogen and oxygen atoms in total. The van der Waals surface area contributed by atoms with E-state index in [0.29, 0.717) is 17.7 Å². The largest absolute Gasteiger partial charge is 0.508 e. The quantitative estimate of drug-likeness (QED) is 0.939. The fourth-order valence-corrected chi connectivity index (χ4v) is 3.94. The summed E-state index contributed by atoms with van der Waals surface area (Å²) in [4.78, 5) is 9.30. The number of hydrogen-bond acceptors (Lipinski definition) is 3. The Morgan fingerprint density at radius 1 is 1.09 bits per heavy atom. The van der Waals surface area contributed by atoms with Crippen LogP contribution in [0.15, 0.2) is 53.8 Å². The van der Waals surface area contributed by atoms with Crippen molar-refractivity contribution < 1.29 is 5.11 Å². The van der Waals surface area contributed by atoms with Crippen LogP contribution in [0, 0.1) is 11.8 Å². The van der Waals surface area contributed by atoms with Crippen LogP contribution < -0.4 is 0 Å². The minimum atomic E-state index is 0.328. The Morgan fingerprint density at radius 2 is 1.95 bits per heavy atom. The zero-order chi connectivity index (χ0) is 14.9. The number of phenols is 1. The number of nitrogens with zero attached hydrogens (tertiary/aromatic N) is 2. The smallest absolute Gasteiger partial charge is 0.115 e. The third-order valence-electron chi connectivity index (χ3n) is 5.04. The van der Waals surface area contributed by atoms with Crippen LogP contribution in [0.4, 0.5) is 0 Å². The van der Waals surface area contributed by atoms with Gasteiger partial charge in [-0.15, -0.1) is 0 Å². The molecule has 1 fully saturated rings. The summed E-state index contributed by atoms with van der Waals surface area (Å²) in [5.41, 5.74) is 3.67. The second-order valence-corrected chi connectivity index (χ2v) is 6.46. The zero-order valence-electron chi connectivity index (χ0n) is 12.5. The summed E-state index contributed by atoms with van der Waals surface area (Å²) in [6.07, 6.45) is 8.48. The van der Waals surface area contributed by atoms with Gasteiger partial charge in [-0.25, -0.2) is 0 Å². The van der Waals surface area contributed by atoms with Crippen molar-refractivity contribution in [2.24, 2.45) is 16.8 Å². The van der Waals surface area contributed by atoms with Crippen molar-refractivity contribution in [1.29, 1.82) is 0 Å². The predicted octanol–water partition coefficient (Wildman–Crippen LogP) is 3.62. The van der Waals surface area contributed by atoms with Crippen LogP contribution in [-0.4, -0.2) is 21.8 Å². The van der Waals surface area contributed by atoms with Crippen molar-refractivity contribution in [3.8, 4) is 5.75 Å². The van der Waals surface area contributed by atoms with Gasteiger partial charge < -0.3 is 5.11 Å². The van der Waals surface area contributed by atoms with Gasteiger partial charge in [0.1, 0.15) is 5.75 Å². The molecule has 1 saturated carbocycles. The summed E-state index contributed by atoms with van der Waals surface area (Å²) in [5.74, 6) is 1.52. The van der Waals surface area contributed by atoms with Gasteiger partial charge in [0.2, 0.25) is 0 Å². The maximum absolute atomic E-state index is 9.47. The van der Waals surface area contributed by atoms with Gasteiger partial charge in [0.05, 0.1) is 6.04 Å². The van der Waals surface area contributed by atoms with Crippen molar-refractivity contribution in [3.05, 3.63) is 59.9 Å². The molecule has 1 aromatic heterocycles. The SMILES string of the molecule is Oc1ccc(CC2C(c3cccnc3)=N[C@H]3CC[C@@H]2C3)cc1. The molecule has 22 heavy (non-hydrogen) atoms. The highest BCUT2D eigenvalue weighted by atomic mass is 16.3. The standard InChI is InChI=1S/C19H20N2O/c22-17-7-3-13(4-8-17)10-18-14-5-6-16(11-14)21-19(18)15-2-1-9-20-12-15/h1-4,7-9,12,14,16,18,22H,5-6,10-11H2/t14-,16+,18?/m1/s1. The second-order valence-electron chi connectivity index (χ2n) is 6.46. The lowest BCUT2D eigenvalue weighted by Gasteiger charge is -2.29. The van der Waals surface area contributed by atoms with Crippen LogP contribution in [0.3, 0.4) is 0 Å². The van der Waals surface area contributed by atoms with Crippen molar-refractivity contribution in [2.75, 3.05) is 0 Å². The molecule has 112 valence electrons. The highest BCUT2D eigenvalue weighted by Gasteiger charge is 2.38. The van der Waals surface area contributed by atoms with E-state index in [1.807, 2.05) is 30.6 Å². The van der Waals surface area contributed by atoms with Crippen LogP contribution in [0.25, 0.3) is 0 Å². The van der Waals surface area contributed by atoms with Gasteiger partial charge in [0.25, 0.3) is 0 Å². The summed E-state index contributed by atoms with van der Waals surface area (Å²) in [7, 11) is 0. The first-order valence-electron chi connectivity index (χ1n) is 8.05. The molecule has 3 heteroatoms. The lowest BCUT2D eigenvalue weighted by atomic mass is 9.78. The molecule has 1 aromatic carbocycles. The van der Waals surface area contributed by atoms with Crippen molar-refractivity contribution >= 4 is 5.71 Å². The lowest BCUT2D eigenvalue weighted by Crippen LogP contribution is -2.30. The average Bonchev–Trinajstić information content (AvgIpc) is 2.95. The van der Waals surface area contributed by atoms with Gasteiger partial charge >= 0.3 is 0 Å². The maximum Gasteiger partial charge on any atom is 0.115 e. The van der Waals surface area contributed by atoms with E-state index in [4.69, 9.17) is 4.99 Å². The van der Waals surface area contributed by atoms with E-state index in [9.17, 15) is 5.11 Å². The van der Waals surface area contributed by atoms with Gasteiger partial charge in [-0.1, -0.05) is 18.2 Å². The first kappa shape index (κ1) is 13.5. The normalized spacial score (nSPS) is 26.7. The molecular formula is C19H20N2O. The molecular weight excluding hydrogens is 272 g/mol. The number of fused-ring (bicyclic) bond motifs is 2. The monoisotopic (exact) mass is 292 g/mol. The zero-order valence-corrected chi connectivity index (χ0v) is 12.5. The minimum Gasteiger partial charge on any atom is -0.508 e. The minimum absolute atomic E-state index is 0.328. The molecule has 2 aliphatic rings. The van der Waals surface area contributed by atoms with E-state index < -0.39 is 0 Å². The Kier molecular flexibility index (Phi) is 3.41. The van der Waals surface area contributed by atoms with E-state index in [1.165, 1.54) is 36.1 Å². The lowest BCUT2D eigenvalue weighted by molar-refractivity contribution is 0.405. The maximum atomic E-state index is 9.47. The third-order valence-corrected chi connectivity index (χ3v) is 5.04. The number of benzene rings is 1. The molecule has 2 bridgehead atoms. The summed E-state index contributed by atoms with van der Waals surface area (Å²) in [6, 6.07) is 12.2. The fraction of sp³-hybridized carbons (Fsp3) is 0.368. The predicted molar refractivity (Wildman–Crippen MR) is 87.2 cm³/mol. The van der Waals surface area contributed by atoms with Gasteiger partial charge in [-0.05, 0) is 55.4 Å². The first-order chi connectivity index (χ1) is 10.8.